The van der Waals surface area contributed by atoms with Crippen LogP contribution in [0, 0.1) is 0 Å². The van der Waals surface area contributed by atoms with Crippen molar-refractivity contribution < 1.29 is 4.79 Å². The fourth-order valence-electron chi connectivity index (χ4n) is 4.48. The van der Waals surface area contributed by atoms with E-state index in [4.69, 9.17) is 0 Å². The number of benzene rings is 1. The van der Waals surface area contributed by atoms with Crippen LogP contribution in [0.2, 0.25) is 0 Å². The standard InChI is InChI=1S/C22H24N4O/c1-14(27)26-11-9-19-18(13-26)21-20(8-10-23-22(21)25-19)24-17-7-6-15-4-2-3-5-16(15)12-17/h6-8,10,12H,2-5,9,11,13H2,1H3,(H2,23,24,25). The van der Waals surface area contributed by atoms with E-state index in [0.717, 1.165) is 35.4 Å². The van der Waals surface area contributed by atoms with Crippen LogP contribution in [-0.2, 0) is 30.6 Å². The Kier molecular flexibility index (Phi) is 3.88. The number of hydrogen-bond acceptors (Lipinski definition) is 3. The number of carbonyl (C=O) groups is 1. The lowest BCUT2D eigenvalue weighted by atomic mass is 9.91. The molecule has 0 fully saturated rings. The van der Waals surface area contributed by atoms with Crippen LogP contribution in [-0.4, -0.2) is 27.3 Å². The Bertz CT molecular complexity index is 1040. The molecule has 5 nitrogen and oxygen atoms in total. The van der Waals surface area contributed by atoms with Gasteiger partial charge in [0, 0.05) is 55.0 Å². The molecule has 3 aromatic rings. The molecule has 0 saturated heterocycles. The molecule has 0 atom stereocenters. The van der Waals surface area contributed by atoms with Crippen molar-refractivity contribution in [1.82, 2.24) is 14.9 Å². The maximum atomic E-state index is 11.9. The number of aryl methyl sites for hydroxylation is 2. The van der Waals surface area contributed by atoms with Gasteiger partial charge in [-0.25, -0.2) is 4.98 Å². The van der Waals surface area contributed by atoms with Gasteiger partial charge < -0.3 is 15.2 Å². The van der Waals surface area contributed by atoms with Gasteiger partial charge in [0.15, 0.2) is 0 Å². The number of anilines is 2. The Hall–Kier alpha value is -2.82. The molecule has 3 heterocycles. The Morgan fingerprint density at radius 2 is 2.00 bits per heavy atom. The molecular formula is C22H24N4O. The zero-order chi connectivity index (χ0) is 18.4. The summed E-state index contributed by atoms with van der Waals surface area (Å²) in [7, 11) is 0. The summed E-state index contributed by atoms with van der Waals surface area (Å²) in [5.74, 6) is 0.128. The van der Waals surface area contributed by atoms with Crippen LogP contribution < -0.4 is 5.32 Å². The van der Waals surface area contributed by atoms with Crippen LogP contribution in [0.3, 0.4) is 0 Å². The Morgan fingerprint density at radius 3 is 2.85 bits per heavy atom. The molecule has 0 spiro atoms. The van der Waals surface area contributed by atoms with Crippen molar-refractivity contribution in [3.8, 4) is 0 Å². The molecule has 0 saturated carbocycles. The molecule has 2 aromatic heterocycles. The molecule has 5 heteroatoms. The summed E-state index contributed by atoms with van der Waals surface area (Å²) in [6, 6.07) is 8.76. The molecule has 1 amide bonds. The van der Waals surface area contributed by atoms with Gasteiger partial charge in [0.05, 0.1) is 5.69 Å². The Morgan fingerprint density at radius 1 is 1.15 bits per heavy atom. The molecular weight excluding hydrogens is 336 g/mol. The first kappa shape index (κ1) is 16.4. The number of aromatic nitrogens is 2. The fourth-order valence-corrected chi connectivity index (χ4v) is 4.48. The van der Waals surface area contributed by atoms with Crippen molar-refractivity contribution in [2.75, 3.05) is 11.9 Å². The maximum Gasteiger partial charge on any atom is 0.219 e. The van der Waals surface area contributed by atoms with E-state index in [-0.39, 0.29) is 5.91 Å². The van der Waals surface area contributed by atoms with Crippen LogP contribution in [0.4, 0.5) is 11.4 Å². The van der Waals surface area contributed by atoms with Crippen molar-refractivity contribution in [3.63, 3.8) is 0 Å². The van der Waals surface area contributed by atoms with Crippen LogP contribution in [0.1, 0.15) is 42.1 Å². The minimum atomic E-state index is 0.128. The van der Waals surface area contributed by atoms with Crippen LogP contribution in [0.25, 0.3) is 11.0 Å². The summed E-state index contributed by atoms with van der Waals surface area (Å²) in [6.07, 6.45) is 7.64. The molecule has 27 heavy (non-hydrogen) atoms. The van der Waals surface area contributed by atoms with E-state index in [9.17, 15) is 4.79 Å². The van der Waals surface area contributed by atoms with Gasteiger partial charge in [0.25, 0.3) is 0 Å². The first-order chi connectivity index (χ1) is 13.2. The number of amides is 1. The summed E-state index contributed by atoms with van der Waals surface area (Å²) in [4.78, 5) is 21.8. The highest BCUT2D eigenvalue weighted by Crippen LogP contribution is 2.34. The van der Waals surface area contributed by atoms with E-state index in [1.54, 1.807) is 6.92 Å². The minimum absolute atomic E-state index is 0.128. The number of rotatable bonds is 2. The smallest absolute Gasteiger partial charge is 0.219 e. The van der Waals surface area contributed by atoms with Crippen molar-refractivity contribution in [3.05, 3.63) is 52.8 Å². The number of carbonyl (C=O) groups excluding carboxylic acids is 1. The van der Waals surface area contributed by atoms with Gasteiger partial charge in [-0.15, -0.1) is 0 Å². The molecule has 138 valence electrons. The molecule has 1 aliphatic heterocycles. The third-order valence-electron chi connectivity index (χ3n) is 5.94. The normalized spacial score (nSPS) is 16.1. The number of pyridine rings is 1. The SMILES string of the molecule is CC(=O)N1CCc2[nH]c3nccc(Nc4ccc5c(c4)CCCC5)c3c2C1. The minimum Gasteiger partial charge on any atom is -0.355 e. The lowest BCUT2D eigenvalue weighted by molar-refractivity contribution is -0.129. The predicted octanol–water partition coefficient (Wildman–Crippen LogP) is 4.09. The second-order valence-corrected chi connectivity index (χ2v) is 7.67. The maximum absolute atomic E-state index is 11.9. The van der Waals surface area contributed by atoms with Gasteiger partial charge in [0.1, 0.15) is 5.65 Å². The first-order valence-corrected chi connectivity index (χ1v) is 9.82. The second kappa shape index (κ2) is 6.41. The zero-order valence-electron chi connectivity index (χ0n) is 15.6. The molecule has 1 aromatic carbocycles. The highest BCUT2D eigenvalue weighted by Gasteiger charge is 2.24. The number of hydrogen-bond donors (Lipinski definition) is 2. The Balaban J connectivity index is 1.54. The lowest BCUT2D eigenvalue weighted by Gasteiger charge is -2.26. The van der Waals surface area contributed by atoms with E-state index in [1.807, 2.05) is 17.2 Å². The number of H-pyrrole nitrogens is 1. The Labute approximate surface area is 158 Å². The number of fused-ring (bicyclic) bond motifs is 4. The van der Waals surface area contributed by atoms with Gasteiger partial charge in [-0.3, -0.25) is 4.79 Å². The monoisotopic (exact) mass is 360 g/mol. The molecule has 5 rings (SSSR count). The molecule has 0 radical (unpaired) electrons. The second-order valence-electron chi connectivity index (χ2n) is 7.67. The summed E-state index contributed by atoms with van der Waals surface area (Å²) in [5.41, 5.74) is 8.43. The van der Waals surface area contributed by atoms with Gasteiger partial charge in [-0.05, 0) is 55.0 Å². The van der Waals surface area contributed by atoms with E-state index < -0.39 is 0 Å². The third-order valence-corrected chi connectivity index (χ3v) is 5.94. The van der Waals surface area contributed by atoms with Crippen molar-refractivity contribution >= 4 is 28.3 Å². The van der Waals surface area contributed by atoms with Gasteiger partial charge in [-0.1, -0.05) is 6.07 Å². The van der Waals surface area contributed by atoms with E-state index >= 15 is 0 Å². The van der Waals surface area contributed by atoms with Crippen molar-refractivity contribution in [2.45, 2.75) is 45.6 Å². The van der Waals surface area contributed by atoms with Crippen LogP contribution in [0.15, 0.2) is 30.5 Å². The highest BCUT2D eigenvalue weighted by molar-refractivity contribution is 5.95. The number of nitrogens with one attached hydrogen (secondary N) is 2. The average Bonchev–Trinajstić information content (AvgIpc) is 3.06. The molecule has 1 aliphatic carbocycles. The van der Waals surface area contributed by atoms with E-state index in [1.165, 1.54) is 48.1 Å². The van der Waals surface area contributed by atoms with Crippen LogP contribution in [0.5, 0.6) is 0 Å². The topological polar surface area (TPSA) is 61.0 Å². The summed E-state index contributed by atoms with van der Waals surface area (Å²) in [5, 5.41) is 4.72. The first-order valence-electron chi connectivity index (χ1n) is 9.82. The van der Waals surface area contributed by atoms with Crippen molar-refractivity contribution in [2.24, 2.45) is 0 Å². The fraction of sp³-hybridized carbons (Fsp3) is 0.364. The van der Waals surface area contributed by atoms with Gasteiger partial charge in [0.2, 0.25) is 5.91 Å². The largest absolute Gasteiger partial charge is 0.355 e. The molecule has 0 unspecified atom stereocenters. The van der Waals surface area contributed by atoms with Gasteiger partial charge >= 0.3 is 0 Å². The molecule has 2 aliphatic rings. The van der Waals surface area contributed by atoms with Gasteiger partial charge in [-0.2, -0.15) is 0 Å². The summed E-state index contributed by atoms with van der Waals surface area (Å²) < 4.78 is 0. The molecule has 2 N–H and O–H groups in total. The summed E-state index contributed by atoms with van der Waals surface area (Å²) >= 11 is 0. The quantitative estimate of drug-likeness (QED) is 0.724. The van der Waals surface area contributed by atoms with Crippen LogP contribution >= 0.6 is 0 Å². The van der Waals surface area contributed by atoms with E-state index in [2.05, 4.69) is 33.5 Å². The summed E-state index contributed by atoms with van der Waals surface area (Å²) in [6.45, 7) is 3.06. The third kappa shape index (κ3) is 2.87. The van der Waals surface area contributed by atoms with E-state index in [0.29, 0.717) is 6.54 Å². The average molecular weight is 360 g/mol. The number of aromatic amines is 1. The zero-order valence-corrected chi connectivity index (χ0v) is 15.6. The predicted molar refractivity (Wildman–Crippen MR) is 107 cm³/mol. The van der Waals surface area contributed by atoms with Crippen molar-refractivity contribution in [1.29, 1.82) is 0 Å². The molecule has 0 bridgehead atoms. The lowest BCUT2D eigenvalue weighted by Crippen LogP contribution is -2.34. The number of nitrogens with zero attached hydrogens (tertiary/aromatic N) is 2. The highest BCUT2D eigenvalue weighted by atomic mass is 16.2.